The van der Waals surface area contributed by atoms with Crippen LogP contribution in [0.2, 0.25) is 5.02 Å². The van der Waals surface area contributed by atoms with Crippen molar-refractivity contribution in [2.24, 2.45) is 10.2 Å². The Labute approximate surface area is 200 Å². The van der Waals surface area contributed by atoms with E-state index in [0.717, 1.165) is 22.6 Å². The van der Waals surface area contributed by atoms with E-state index in [2.05, 4.69) is 25.4 Å². The molecule has 2 heterocycles. The van der Waals surface area contributed by atoms with Crippen molar-refractivity contribution in [2.45, 2.75) is 25.5 Å². The molecule has 2 amide bonds. The van der Waals surface area contributed by atoms with Crippen molar-refractivity contribution in [2.75, 3.05) is 5.32 Å². The molecule has 4 rings (SSSR count). The van der Waals surface area contributed by atoms with Crippen LogP contribution in [0.15, 0.2) is 70.9 Å². The van der Waals surface area contributed by atoms with Gasteiger partial charge >= 0.3 is 0 Å². The highest BCUT2D eigenvalue weighted by Crippen LogP contribution is 2.24. The van der Waals surface area contributed by atoms with Gasteiger partial charge in [0.2, 0.25) is 11.8 Å². The Morgan fingerprint density at radius 3 is 2.64 bits per heavy atom. The second-order valence-electron chi connectivity index (χ2n) is 7.50. The first kappa shape index (κ1) is 22.8. The molecule has 1 aliphatic rings. The first-order chi connectivity index (χ1) is 15.9. The number of aromatic nitrogens is 1. The lowest BCUT2D eigenvalue weighted by atomic mass is 10.2. The van der Waals surface area contributed by atoms with Crippen LogP contribution < -0.4 is 10.6 Å². The zero-order valence-electron chi connectivity index (χ0n) is 18.1. The predicted molar refractivity (Wildman–Crippen MR) is 134 cm³/mol. The van der Waals surface area contributed by atoms with Crippen LogP contribution in [-0.4, -0.2) is 33.0 Å². The number of aryl methyl sites for hydroxylation is 1. The maximum absolute atomic E-state index is 12.2. The number of carbonyl (C=O) groups is 2. The largest absolute Gasteiger partial charge is 0.326 e. The number of hydrogen-bond donors (Lipinski definition) is 2. The molecule has 7 nitrogen and oxygen atoms in total. The van der Waals surface area contributed by atoms with Crippen molar-refractivity contribution in [1.29, 1.82) is 0 Å². The Morgan fingerprint density at radius 2 is 1.91 bits per heavy atom. The number of nitrogens with zero attached hydrogens (tertiary/aromatic N) is 3. The number of nitrogens with one attached hydrogen (secondary N) is 2. The number of rotatable bonds is 6. The Balaban J connectivity index is 1.40. The molecule has 2 aromatic carbocycles. The van der Waals surface area contributed by atoms with Crippen LogP contribution in [0.5, 0.6) is 0 Å². The third-order valence-electron chi connectivity index (χ3n) is 5.11. The van der Waals surface area contributed by atoms with E-state index in [0.29, 0.717) is 15.9 Å². The van der Waals surface area contributed by atoms with Crippen molar-refractivity contribution < 1.29 is 9.59 Å². The molecule has 0 saturated carbocycles. The number of halogens is 1. The molecular formula is C24H22ClN5O2S. The molecule has 1 aliphatic heterocycles. The number of benzene rings is 2. The van der Waals surface area contributed by atoms with E-state index in [4.69, 9.17) is 11.6 Å². The highest BCUT2D eigenvalue weighted by Gasteiger charge is 2.32. The molecule has 1 aromatic heterocycles. The number of thioether (sulfide) groups is 1. The van der Waals surface area contributed by atoms with Gasteiger partial charge < -0.3 is 15.2 Å². The summed E-state index contributed by atoms with van der Waals surface area (Å²) in [6.07, 6.45) is 1.71. The molecule has 1 fully saturated rings. The van der Waals surface area contributed by atoms with Crippen LogP contribution in [0, 0.1) is 13.8 Å². The lowest BCUT2D eigenvalue weighted by molar-refractivity contribution is -0.122. The summed E-state index contributed by atoms with van der Waals surface area (Å²) < 4.78 is 2.11. The summed E-state index contributed by atoms with van der Waals surface area (Å²) in [6.45, 7) is 4.02. The van der Waals surface area contributed by atoms with Crippen LogP contribution in [-0.2, 0) is 9.59 Å². The second kappa shape index (κ2) is 10.1. The Hall–Kier alpha value is -3.36. The fraction of sp³-hybridized carbons (Fsp3) is 0.167. The second-order valence-corrected chi connectivity index (χ2v) is 9.13. The molecule has 1 saturated heterocycles. The number of hydrogen-bond acceptors (Lipinski definition) is 5. The quantitative estimate of drug-likeness (QED) is 0.397. The summed E-state index contributed by atoms with van der Waals surface area (Å²) in [5, 5.41) is 14.3. The molecule has 168 valence electrons. The third-order valence-corrected chi connectivity index (χ3v) is 6.43. The van der Waals surface area contributed by atoms with Crippen LogP contribution >= 0.6 is 23.4 Å². The summed E-state index contributed by atoms with van der Waals surface area (Å²) >= 11 is 7.20. The topological polar surface area (TPSA) is 87.8 Å². The lowest BCUT2D eigenvalue weighted by Gasteiger charge is -2.09. The van der Waals surface area contributed by atoms with Gasteiger partial charge in [0.15, 0.2) is 5.17 Å². The number of para-hydroxylation sites is 1. The van der Waals surface area contributed by atoms with E-state index in [1.165, 1.54) is 11.8 Å². The van der Waals surface area contributed by atoms with Gasteiger partial charge in [-0.05, 0) is 56.3 Å². The standard InChI is InChI=1S/C24H22ClN5O2S/c1-15-12-17(16(2)30(15)20-10-8-18(25)9-11-20)14-26-29-24-28-23(32)21(33-24)13-22(31)27-19-6-4-3-5-7-19/h3-12,14,21H,13H2,1-2H3,(H,27,31)(H,28,29,32)/b26-14+. The number of carbonyl (C=O) groups excluding carboxylic acids is 2. The van der Waals surface area contributed by atoms with E-state index in [1.54, 1.807) is 18.3 Å². The minimum Gasteiger partial charge on any atom is -0.326 e. The van der Waals surface area contributed by atoms with Gasteiger partial charge in [-0.15, -0.1) is 5.10 Å². The van der Waals surface area contributed by atoms with Gasteiger partial charge in [0.1, 0.15) is 5.25 Å². The van der Waals surface area contributed by atoms with E-state index < -0.39 is 5.25 Å². The van der Waals surface area contributed by atoms with Gasteiger partial charge in [0, 0.05) is 39.8 Å². The highest BCUT2D eigenvalue weighted by atomic mass is 35.5. The maximum atomic E-state index is 12.2. The fourth-order valence-electron chi connectivity index (χ4n) is 3.54. The number of amidine groups is 1. The smallest absolute Gasteiger partial charge is 0.240 e. The van der Waals surface area contributed by atoms with Crippen LogP contribution in [0.1, 0.15) is 23.4 Å². The van der Waals surface area contributed by atoms with Crippen molar-refractivity contribution >= 4 is 52.2 Å². The highest BCUT2D eigenvalue weighted by molar-refractivity contribution is 8.15. The molecular weight excluding hydrogens is 458 g/mol. The van der Waals surface area contributed by atoms with Gasteiger partial charge in [0.05, 0.1) is 6.21 Å². The Bertz CT molecular complexity index is 1240. The monoisotopic (exact) mass is 479 g/mol. The molecule has 0 bridgehead atoms. The first-order valence-electron chi connectivity index (χ1n) is 10.3. The van der Waals surface area contributed by atoms with E-state index in [1.807, 2.05) is 62.4 Å². The third kappa shape index (κ3) is 5.53. The zero-order chi connectivity index (χ0) is 23.4. The molecule has 2 N–H and O–H groups in total. The minimum absolute atomic E-state index is 0.0520. The summed E-state index contributed by atoms with van der Waals surface area (Å²) in [7, 11) is 0. The molecule has 0 spiro atoms. The normalized spacial score (nSPS) is 17.0. The zero-order valence-corrected chi connectivity index (χ0v) is 19.7. The molecule has 33 heavy (non-hydrogen) atoms. The molecule has 0 aliphatic carbocycles. The van der Waals surface area contributed by atoms with Crippen molar-refractivity contribution in [3.63, 3.8) is 0 Å². The summed E-state index contributed by atoms with van der Waals surface area (Å²) in [5.74, 6) is -0.480. The number of anilines is 1. The maximum Gasteiger partial charge on any atom is 0.240 e. The molecule has 0 radical (unpaired) electrons. The first-order valence-corrected chi connectivity index (χ1v) is 11.5. The van der Waals surface area contributed by atoms with Crippen molar-refractivity contribution in [1.82, 2.24) is 9.88 Å². The lowest BCUT2D eigenvalue weighted by Crippen LogP contribution is -2.28. The average Bonchev–Trinajstić information content (AvgIpc) is 3.27. The molecule has 3 aromatic rings. The fourth-order valence-corrected chi connectivity index (χ4v) is 4.59. The van der Waals surface area contributed by atoms with Gasteiger partial charge in [0.25, 0.3) is 0 Å². The number of amides is 2. The van der Waals surface area contributed by atoms with E-state index >= 15 is 0 Å². The van der Waals surface area contributed by atoms with E-state index in [-0.39, 0.29) is 18.2 Å². The summed E-state index contributed by atoms with van der Waals surface area (Å²) in [5.41, 5.74) is 4.69. The van der Waals surface area contributed by atoms with Gasteiger partial charge in [-0.2, -0.15) is 5.10 Å². The van der Waals surface area contributed by atoms with Crippen LogP contribution in [0.25, 0.3) is 5.69 Å². The SMILES string of the molecule is Cc1cc(/C=N/N=C2\NC(=O)C(CC(=O)Nc3ccccc3)S2)c(C)n1-c1ccc(Cl)cc1. The minimum atomic E-state index is -0.544. The molecule has 9 heteroatoms. The molecule has 1 atom stereocenters. The van der Waals surface area contributed by atoms with Gasteiger partial charge in [-0.3, -0.25) is 9.59 Å². The predicted octanol–water partition coefficient (Wildman–Crippen LogP) is 4.70. The summed E-state index contributed by atoms with van der Waals surface area (Å²) in [6, 6.07) is 18.8. The average molecular weight is 480 g/mol. The Morgan fingerprint density at radius 1 is 1.18 bits per heavy atom. The van der Waals surface area contributed by atoms with Crippen LogP contribution in [0.3, 0.4) is 0 Å². The summed E-state index contributed by atoms with van der Waals surface area (Å²) in [4.78, 5) is 24.5. The van der Waals surface area contributed by atoms with Gasteiger partial charge in [-0.25, -0.2) is 0 Å². The van der Waals surface area contributed by atoms with Crippen LogP contribution in [0.4, 0.5) is 5.69 Å². The molecule has 1 unspecified atom stereocenters. The van der Waals surface area contributed by atoms with E-state index in [9.17, 15) is 9.59 Å². The van der Waals surface area contributed by atoms with Crippen molar-refractivity contribution in [3.05, 3.63) is 82.6 Å². The van der Waals surface area contributed by atoms with Gasteiger partial charge in [-0.1, -0.05) is 41.6 Å². The van der Waals surface area contributed by atoms with Crippen molar-refractivity contribution in [3.8, 4) is 5.69 Å². The Kier molecular flexibility index (Phi) is 6.96.